The van der Waals surface area contributed by atoms with Crippen LogP contribution in [0.15, 0.2) is 40.7 Å². The summed E-state index contributed by atoms with van der Waals surface area (Å²) in [6, 6.07) is 7.36. The number of hydrogen-bond donors (Lipinski definition) is 1. The highest BCUT2D eigenvalue weighted by molar-refractivity contribution is 7.98. The summed E-state index contributed by atoms with van der Waals surface area (Å²) in [5.41, 5.74) is 2.79. The van der Waals surface area contributed by atoms with Gasteiger partial charge in [-0.25, -0.2) is 4.68 Å². The minimum absolute atomic E-state index is 0.186. The number of ketones is 1. The molecule has 4 rings (SSSR count). The monoisotopic (exact) mass is 346 g/mol. The highest BCUT2D eigenvalue weighted by Crippen LogP contribution is 2.40. The van der Waals surface area contributed by atoms with Crippen LogP contribution >= 0.6 is 23.4 Å². The van der Waals surface area contributed by atoms with Crippen molar-refractivity contribution < 1.29 is 4.79 Å². The summed E-state index contributed by atoms with van der Waals surface area (Å²) in [6.45, 7) is 0. The fraction of sp³-hybridized carbons (Fsp3) is 0.312. The van der Waals surface area contributed by atoms with Crippen LogP contribution in [0, 0.1) is 0 Å². The number of hydrogen-bond acceptors (Lipinski definition) is 5. The number of carbonyl (C=O) groups excluding carboxylic acids is 1. The summed E-state index contributed by atoms with van der Waals surface area (Å²) in [7, 11) is 0. The molecule has 118 valence electrons. The Balaban J connectivity index is 1.90. The first kappa shape index (κ1) is 14.8. The molecule has 2 aliphatic rings. The van der Waals surface area contributed by atoms with E-state index in [9.17, 15) is 4.79 Å². The number of carbonyl (C=O) groups is 1. The van der Waals surface area contributed by atoms with Gasteiger partial charge in [0.2, 0.25) is 11.1 Å². The van der Waals surface area contributed by atoms with E-state index in [4.69, 9.17) is 11.6 Å². The molecule has 23 heavy (non-hydrogen) atoms. The third kappa shape index (κ3) is 2.46. The molecular formula is C16H15ClN4OS. The van der Waals surface area contributed by atoms with Crippen molar-refractivity contribution in [3.63, 3.8) is 0 Å². The topological polar surface area (TPSA) is 59.8 Å². The third-order valence-electron chi connectivity index (χ3n) is 4.22. The molecule has 0 saturated carbocycles. The lowest BCUT2D eigenvalue weighted by Crippen LogP contribution is -2.31. The van der Waals surface area contributed by atoms with E-state index in [1.54, 1.807) is 0 Å². The van der Waals surface area contributed by atoms with Crippen molar-refractivity contribution in [2.75, 3.05) is 11.6 Å². The van der Waals surface area contributed by atoms with Crippen molar-refractivity contribution in [2.45, 2.75) is 30.5 Å². The second-order valence-electron chi connectivity index (χ2n) is 5.61. The minimum atomic E-state index is -0.236. The summed E-state index contributed by atoms with van der Waals surface area (Å²) in [5, 5.41) is 9.24. The van der Waals surface area contributed by atoms with Gasteiger partial charge in [-0.15, -0.1) is 5.10 Å². The summed E-state index contributed by atoms with van der Waals surface area (Å²) < 4.78 is 1.82. The maximum Gasteiger partial charge on any atom is 0.227 e. The zero-order chi connectivity index (χ0) is 16.0. The molecule has 0 spiro atoms. The Morgan fingerprint density at radius 1 is 1.30 bits per heavy atom. The zero-order valence-corrected chi connectivity index (χ0v) is 14.1. The van der Waals surface area contributed by atoms with Crippen molar-refractivity contribution in [3.05, 3.63) is 46.1 Å². The number of nitrogens with one attached hydrogen (secondary N) is 1. The Morgan fingerprint density at radius 3 is 2.83 bits per heavy atom. The molecule has 1 aromatic carbocycles. The average Bonchev–Trinajstić information content (AvgIpc) is 2.97. The fourth-order valence-corrected chi connectivity index (χ4v) is 3.65. The summed E-state index contributed by atoms with van der Waals surface area (Å²) in [6.07, 6.45) is 4.27. The number of rotatable bonds is 2. The first-order valence-electron chi connectivity index (χ1n) is 7.46. The summed E-state index contributed by atoms with van der Waals surface area (Å²) in [4.78, 5) is 17.1. The van der Waals surface area contributed by atoms with Crippen molar-refractivity contribution >= 4 is 35.1 Å². The Labute approximate surface area is 143 Å². The van der Waals surface area contributed by atoms with Crippen molar-refractivity contribution in [1.82, 2.24) is 14.8 Å². The van der Waals surface area contributed by atoms with Gasteiger partial charge in [0, 0.05) is 22.7 Å². The number of thioether (sulfide) groups is 1. The van der Waals surface area contributed by atoms with E-state index < -0.39 is 0 Å². The number of benzene rings is 1. The molecule has 1 aliphatic heterocycles. The van der Waals surface area contributed by atoms with Crippen LogP contribution in [0.1, 0.15) is 30.9 Å². The summed E-state index contributed by atoms with van der Waals surface area (Å²) >= 11 is 7.50. The SMILES string of the molecule is CSc1nc2n(n1)[C@@H](c1ccc(Cl)cc1)C1=C(CCCC1=O)N2. The van der Waals surface area contributed by atoms with Gasteiger partial charge in [0.15, 0.2) is 5.78 Å². The smallest absolute Gasteiger partial charge is 0.227 e. The fourth-order valence-electron chi connectivity index (χ4n) is 3.18. The molecule has 0 amide bonds. The Bertz CT molecular complexity index is 812. The molecule has 0 bridgehead atoms. The van der Waals surface area contributed by atoms with Crippen molar-refractivity contribution in [2.24, 2.45) is 0 Å². The van der Waals surface area contributed by atoms with E-state index >= 15 is 0 Å². The molecule has 2 heterocycles. The second-order valence-corrected chi connectivity index (χ2v) is 6.82. The number of aromatic nitrogens is 3. The molecular weight excluding hydrogens is 332 g/mol. The molecule has 5 nitrogen and oxygen atoms in total. The molecule has 0 fully saturated rings. The lowest BCUT2D eigenvalue weighted by atomic mass is 9.85. The van der Waals surface area contributed by atoms with E-state index in [1.165, 1.54) is 11.8 Å². The average molecular weight is 347 g/mol. The van der Waals surface area contributed by atoms with Crippen molar-refractivity contribution in [3.8, 4) is 0 Å². The van der Waals surface area contributed by atoms with Crippen LogP contribution in [-0.2, 0) is 4.79 Å². The lowest BCUT2D eigenvalue weighted by molar-refractivity contribution is -0.116. The standard InChI is InChI=1S/C16H15ClN4OS/c1-23-16-19-15-18-11-3-2-4-12(22)13(11)14(21(15)20-16)9-5-7-10(17)8-6-9/h5-8,14H,2-4H2,1H3,(H,18,19,20)/t14-/m0/s1. The molecule has 0 unspecified atom stereocenters. The number of allylic oxidation sites excluding steroid dienone is 2. The van der Waals surface area contributed by atoms with Gasteiger partial charge < -0.3 is 5.32 Å². The van der Waals surface area contributed by atoms with Gasteiger partial charge in [-0.2, -0.15) is 4.98 Å². The van der Waals surface area contributed by atoms with Crippen LogP contribution in [0.5, 0.6) is 0 Å². The predicted octanol–water partition coefficient (Wildman–Crippen LogP) is 3.68. The number of fused-ring (bicyclic) bond motifs is 1. The minimum Gasteiger partial charge on any atom is -0.328 e. The van der Waals surface area contributed by atoms with Gasteiger partial charge in [0.25, 0.3) is 0 Å². The van der Waals surface area contributed by atoms with E-state index in [0.717, 1.165) is 29.7 Å². The van der Waals surface area contributed by atoms with E-state index in [1.807, 2.05) is 35.2 Å². The maximum atomic E-state index is 12.6. The number of halogens is 1. The van der Waals surface area contributed by atoms with Gasteiger partial charge in [0.05, 0.1) is 0 Å². The first-order chi connectivity index (χ1) is 11.2. The number of anilines is 1. The van der Waals surface area contributed by atoms with Crippen LogP contribution < -0.4 is 5.32 Å². The normalized spacial score (nSPS) is 20.1. The van der Waals surface area contributed by atoms with E-state index in [0.29, 0.717) is 22.5 Å². The van der Waals surface area contributed by atoms with Crippen LogP contribution in [-0.4, -0.2) is 26.8 Å². The van der Waals surface area contributed by atoms with Crippen molar-refractivity contribution in [1.29, 1.82) is 0 Å². The van der Waals surface area contributed by atoms with E-state index in [2.05, 4.69) is 15.4 Å². The van der Waals surface area contributed by atoms with Gasteiger partial charge in [-0.1, -0.05) is 35.5 Å². The molecule has 1 N–H and O–H groups in total. The molecule has 0 radical (unpaired) electrons. The second kappa shape index (κ2) is 5.69. The quantitative estimate of drug-likeness (QED) is 0.840. The molecule has 2 aromatic rings. The molecule has 1 aromatic heterocycles. The third-order valence-corrected chi connectivity index (χ3v) is 5.01. The number of Topliss-reactive ketones (excluding diaryl/α,β-unsaturated/α-hetero) is 1. The molecule has 1 aliphatic carbocycles. The Morgan fingerprint density at radius 2 is 2.09 bits per heavy atom. The molecule has 7 heteroatoms. The van der Waals surface area contributed by atoms with E-state index in [-0.39, 0.29) is 11.8 Å². The zero-order valence-electron chi connectivity index (χ0n) is 12.5. The maximum absolute atomic E-state index is 12.6. The van der Waals surface area contributed by atoms with Gasteiger partial charge in [-0.3, -0.25) is 4.79 Å². The molecule has 0 saturated heterocycles. The predicted molar refractivity (Wildman–Crippen MR) is 90.9 cm³/mol. The van der Waals surface area contributed by atoms with Gasteiger partial charge >= 0.3 is 0 Å². The van der Waals surface area contributed by atoms with Crippen LogP contribution in [0.3, 0.4) is 0 Å². The molecule has 1 atom stereocenters. The van der Waals surface area contributed by atoms with Crippen LogP contribution in [0.4, 0.5) is 5.95 Å². The summed E-state index contributed by atoms with van der Waals surface area (Å²) in [5.74, 6) is 0.883. The number of nitrogens with zero attached hydrogens (tertiary/aromatic N) is 3. The lowest BCUT2D eigenvalue weighted by Gasteiger charge is -2.32. The first-order valence-corrected chi connectivity index (χ1v) is 9.07. The Kier molecular flexibility index (Phi) is 3.66. The highest BCUT2D eigenvalue weighted by atomic mass is 35.5. The largest absolute Gasteiger partial charge is 0.328 e. The van der Waals surface area contributed by atoms with Gasteiger partial charge in [-0.05, 0) is 36.8 Å². The van der Waals surface area contributed by atoms with Crippen LogP contribution in [0.25, 0.3) is 0 Å². The van der Waals surface area contributed by atoms with Crippen LogP contribution in [0.2, 0.25) is 5.02 Å². The highest BCUT2D eigenvalue weighted by Gasteiger charge is 2.36. The van der Waals surface area contributed by atoms with Gasteiger partial charge in [0.1, 0.15) is 6.04 Å². The Hall–Kier alpha value is -1.79.